The van der Waals surface area contributed by atoms with Gasteiger partial charge in [0, 0.05) is 31.4 Å². The van der Waals surface area contributed by atoms with Crippen LogP contribution in [0.4, 0.5) is 11.4 Å². The molecule has 1 aliphatic heterocycles. The van der Waals surface area contributed by atoms with Gasteiger partial charge in [-0.2, -0.15) is 5.10 Å². The predicted molar refractivity (Wildman–Crippen MR) is 97.9 cm³/mol. The molecule has 0 saturated carbocycles. The average molecular weight is 326 g/mol. The fraction of sp³-hybridized carbons (Fsp3) is 0.474. The Morgan fingerprint density at radius 3 is 2.25 bits per heavy atom. The summed E-state index contributed by atoms with van der Waals surface area (Å²) in [6.07, 6.45) is 0. The molecule has 24 heavy (non-hydrogen) atoms. The Morgan fingerprint density at radius 2 is 1.71 bits per heavy atom. The van der Waals surface area contributed by atoms with Gasteiger partial charge in [0.2, 0.25) is 0 Å². The second kappa shape index (κ2) is 5.65. The molecule has 0 fully saturated rings. The number of aryl methyl sites for hydroxylation is 2. The van der Waals surface area contributed by atoms with Gasteiger partial charge in [-0.25, -0.2) is 0 Å². The first-order valence-corrected chi connectivity index (χ1v) is 8.40. The molecule has 5 nitrogen and oxygen atoms in total. The van der Waals surface area contributed by atoms with Crippen molar-refractivity contribution < 1.29 is 4.79 Å². The zero-order chi connectivity index (χ0) is 17.6. The van der Waals surface area contributed by atoms with Crippen molar-refractivity contribution in [3.63, 3.8) is 0 Å². The highest BCUT2D eigenvalue weighted by molar-refractivity contribution is 6.09. The summed E-state index contributed by atoms with van der Waals surface area (Å²) in [5, 5.41) is 4.40. The van der Waals surface area contributed by atoms with Crippen molar-refractivity contribution in [1.82, 2.24) is 9.78 Å². The van der Waals surface area contributed by atoms with Gasteiger partial charge in [-0.1, -0.05) is 12.1 Å². The Kier molecular flexibility index (Phi) is 3.90. The molecule has 0 aliphatic carbocycles. The molecule has 128 valence electrons. The first kappa shape index (κ1) is 16.6. The van der Waals surface area contributed by atoms with Crippen LogP contribution in [-0.2, 0) is 7.05 Å². The lowest BCUT2D eigenvalue weighted by atomic mass is 10.0. The standard InChI is InChI=1S/C19H26N4O/c1-13-17(14(2)21(6)20-13)18(24)22-11-12-23(19(3,4)5)16-10-8-7-9-15(16)22/h7-10H,11-12H2,1-6H3. The lowest BCUT2D eigenvalue weighted by Crippen LogP contribution is -2.51. The van der Waals surface area contributed by atoms with Gasteiger partial charge < -0.3 is 9.80 Å². The van der Waals surface area contributed by atoms with Crippen LogP contribution in [0.2, 0.25) is 0 Å². The quantitative estimate of drug-likeness (QED) is 0.807. The van der Waals surface area contributed by atoms with Crippen LogP contribution >= 0.6 is 0 Å². The molecule has 0 saturated heterocycles. The van der Waals surface area contributed by atoms with Crippen LogP contribution in [0.5, 0.6) is 0 Å². The second-order valence-electron chi connectivity index (χ2n) is 7.44. The third-order valence-corrected chi connectivity index (χ3v) is 4.79. The summed E-state index contributed by atoms with van der Waals surface area (Å²) in [5.41, 5.74) is 4.53. The minimum absolute atomic E-state index is 0.0192. The van der Waals surface area contributed by atoms with Gasteiger partial charge in [-0.15, -0.1) is 0 Å². The number of carbonyl (C=O) groups is 1. The molecule has 5 heteroatoms. The Balaban J connectivity index is 2.05. The van der Waals surface area contributed by atoms with E-state index in [9.17, 15) is 4.79 Å². The van der Waals surface area contributed by atoms with E-state index in [1.807, 2.05) is 44.0 Å². The maximum absolute atomic E-state index is 13.2. The van der Waals surface area contributed by atoms with Crippen LogP contribution in [0.1, 0.15) is 42.5 Å². The maximum atomic E-state index is 13.2. The van der Waals surface area contributed by atoms with Gasteiger partial charge in [-0.3, -0.25) is 9.48 Å². The molecule has 0 radical (unpaired) electrons. The molecular formula is C19H26N4O. The number of carbonyl (C=O) groups excluding carboxylic acids is 1. The summed E-state index contributed by atoms with van der Waals surface area (Å²) >= 11 is 0. The highest BCUT2D eigenvalue weighted by Gasteiger charge is 2.33. The van der Waals surface area contributed by atoms with Crippen LogP contribution in [0.25, 0.3) is 0 Å². The summed E-state index contributed by atoms with van der Waals surface area (Å²) < 4.78 is 1.78. The normalized spacial score (nSPS) is 14.8. The van der Waals surface area contributed by atoms with Crippen molar-refractivity contribution in [3.8, 4) is 0 Å². The Bertz CT molecular complexity index is 785. The zero-order valence-corrected chi connectivity index (χ0v) is 15.4. The zero-order valence-electron chi connectivity index (χ0n) is 15.4. The highest BCUT2D eigenvalue weighted by atomic mass is 16.2. The molecule has 1 amide bonds. The highest BCUT2D eigenvalue weighted by Crippen LogP contribution is 2.37. The smallest absolute Gasteiger partial charge is 0.262 e. The number of hydrogen-bond acceptors (Lipinski definition) is 3. The number of rotatable bonds is 1. The largest absolute Gasteiger partial charge is 0.363 e. The number of benzene rings is 1. The molecule has 0 atom stereocenters. The van der Waals surface area contributed by atoms with Crippen LogP contribution in [0.15, 0.2) is 24.3 Å². The monoisotopic (exact) mass is 326 g/mol. The predicted octanol–water partition coefficient (Wildman–Crippen LogP) is 3.30. The van der Waals surface area contributed by atoms with E-state index in [-0.39, 0.29) is 11.4 Å². The maximum Gasteiger partial charge on any atom is 0.262 e. The molecule has 1 aromatic carbocycles. The lowest BCUT2D eigenvalue weighted by molar-refractivity contribution is 0.0984. The first-order chi connectivity index (χ1) is 11.2. The van der Waals surface area contributed by atoms with Crippen molar-refractivity contribution in [2.75, 3.05) is 22.9 Å². The van der Waals surface area contributed by atoms with Crippen LogP contribution < -0.4 is 9.80 Å². The van der Waals surface area contributed by atoms with Gasteiger partial charge in [0.15, 0.2) is 0 Å². The topological polar surface area (TPSA) is 41.4 Å². The molecule has 0 unspecified atom stereocenters. The fourth-order valence-electron chi connectivity index (χ4n) is 3.49. The van der Waals surface area contributed by atoms with Crippen molar-refractivity contribution in [3.05, 3.63) is 41.2 Å². The van der Waals surface area contributed by atoms with Crippen LogP contribution in [0.3, 0.4) is 0 Å². The van der Waals surface area contributed by atoms with Crippen molar-refractivity contribution in [2.24, 2.45) is 7.05 Å². The number of amides is 1. The minimum atomic E-state index is 0.0192. The molecule has 1 aliphatic rings. The van der Waals surface area contributed by atoms with Crippen LogP contribution in [0, 0.1) is 13.8 Å². The molecule has 0 N–H and O–H groups in total. The van der Waals surface area contributed by atoms with Gasteiger partial charge in [0.1, 0.15) is 0 Å². The number of anilines is 2. The molecular weight excluding hydrogens is 300 g/mol. The van der Waals surface area contributed by atoms with Crippen molar-refractivity contribution in [1.29, 1.82) is 0 Å². The van der Waals surface area contributed by atoms with E-state index in [2.05, 4.69) is 36.8 Å². The Morgan fingerprint density at radius 1 is 1.08 bits per heavy atom. The van der Waals surface area contributed by atoms with E-state index in [1.54, 1.807) is 4.68 Å². The van der Waals surface area contributed by atoms with Gasteiger partial charge in [0.25, 0.3) is 5.91 Å². The summed E-state index contributed by atoms with van der Waals surface area (Å²) in [6, 6.07) is 8.16. The third-order valence-electron chi connectivity index (χ3n) is 4.79. The van der Waals surface area contributed by atoms with Gasteiger partial charge in [0.05, 0.1) is 22.6 Å². The van der Waals surface area contributed by atoms with Gasteiger partial charge >= 0.3 is 0 Å². The van der Waals surface area contributed by atoms with E-state index in [4.69, 9.17) is 0 Å². The summed E-state index contributed by atoms with van der Waals surface area (Å²) in [5.74, 6) is 0.0408. The van der Waals surface area contributed by atoms with E-state index in [1.165, 1.54) is 0 Å². The average Bonchev–Trinajstić information content (AvgIpc) is 2.77. The molecule has 2 heterocycles. The van der Waals surface area contributed by atoms with Gasteiger partial charge in [-0.05, 0) is 46.8 Å². The summed E-state index contributed by atoms with van der Waals surface area (Å²) in [4.78, 5) is 17.5. The van der Waals surface area contributed by atoms with Crippen molar-refractivity contribution >= 4 is 17.3 Å². The minimum Gasteiger partial charge on any atom is -0.363 e. The Hall–Kier alpha value is -2.30. The molecule has 1 aromatic heterocycles. The van der Waals surface area contributed by atoms with E-state index < -0.39 is 0 Å². The van der Waals surface area contributed by atoms with E-state index in [0.29, 0.717) is 6.54 Å². The van der Waals surface area contributed by atoms with Crippen LogP contribution in [-0.4, -0.2) is 34.3 Å². The van der Waals surface area contributed by atoms with Crippen molar-refractivity contribution in [2.45, 2.75) is 40.2 Å². The summed E-state index contributed by atoms with van der Waals surface area (Å²) in [6.45, 7) is 12.0. The molecule has 2 aromatic rings. The third kappa shape index (κ3) is 2.58. The number of hydrogen-bond donors (Lipinski definition) is 0. The fourth-order valence-corrected chi connectivity index (χ4v) is 3.49. The van der Waals surface area contributed by atoms with E-state index in [0.717, 1.165) is 34.9 Å². The second-order valence-corrected chi connectivity index (χ2v) is 7.44. The lowest BCUT2D eigenvalue weighted by Gasteiger charge is -2.44. The number of nitrogens with zero attached hydrogens (tertiary/aromatic N) is 4. The molecule has 0 spiro atoms. The summed E-state index contributed by atoms with van der Waals surface area (Å²) in [7, 11) is 1.88. The molecule has 0 bridgehead atoms. The van der Waals surface area contributed by atoms with E-state index >= 15 is 0 Å². The molecule has 3 rings (SSSR count). The number of para-hydroxylation sites is 2. The Labute approximate surface area is 143 Å². The first-order valence-electron chi connectivity index (χ1n) is 8.40. The SMILES string of the molecule is Cc1nn(C)c(C)c1C(=O)N1CCN(C(C)(C)C)c2ccccc21. The number of aromatic nitrogens is 2. The number of fused-ring (bicyclic) bond motifs is 1.